The van der Waals surface area contributed by atoms with Crippen LogP contribution >= 0.6 is 0 Å². The van der Waals surface area contributed by atoms with E-state index < -0.39 is 47.4 Å². The van der Waals surface area contributed by atoms with Crippen molar-refractivity contribution in [2.24, 2.45) is 0 Å². The Balaban J connectivity index is 1.39. The maximum absolute atomic E-state index is 14.7. The first kappa shape index (κ1) is 29.7. The molecule has 5 rings (SSSR count). The molecule has 1 N–H and O–H groups in total. The summed E-state index contributed by atoms with van der Waals surface area (Å²) in [6.07, 6.45) is -1.25. The zero-order chi connectivity index (χ0) is 30.6. The van der Waals surface area contributed by atoms with Gasteiger partial charge >= 0.3 is 6.09 Å². The summed E-state index contributed by atoms with van der Waals surface area (Å²) in [5.41, 5.74) is 0.602. The molecular formula is C29H35F3N6O4. The Kier molecular flexibility index (Phi) is 7.67. The van der Waals surface area contributed by atoms with Crippen molar-refractivity contribution in [2.75, 3.05) is 37.6 Å². The zero-order valence-electron chi connectivity index (χ0n) is 24.1. The first-order valence-corrected chi connectivity index (χ1v) is 14.1. The number of piperazine rings is 1. The van der Waals surface area contributed by atoms with Gasteiger partial charge in [0.05, 0.1) is 17.9 Å². The summed E-state index contributed by atoms with van der Waals surface area (Å²) < 4.78 is 43.3. The molecule has 3 amide bonds. The number of benzene rings is 1. The van der Waals surface area contributed by atoms with E-state index in [-0.39, 0.29) is 63.1 Å². The van der Waals surface area contributed by atoms with Crippen LogP contribution < -0.4 is 4.90 Å². The fourth-order valence-corrected chi connectivity index (χ4v) is 6.21. The Morgan fingerprint density at radius 2 is 1.90 bits per heavy atom. The lowest BCUT2D eigenvalue weighted by Gasteiger charge is -2.45. The van der Waals surface area contributed by atoms with Crippen LogP contribution in [-0.2, 0) is 22.7 Å². The topological polar surface area (TPSA) is 110 Å². The quantitative estimate of drug-likeness (QED) is 0.524. The van der Waals surface area contributed by atoms with Crippen LogP contribution in [-0.4, -0.2) is 92.7 Å². The van der Waals surface area contributed by atoms with Crippen LogP contribution in [0.4, 0.5) is 23.7 Å². The molecule has 0 radical (unpaired) electrons. The monoisotopic (exact) mass is 588 g/mol. The van der Waals surface area contributed by atoms with Gasteiger partial charge in [0.2, 0.25) is 5.91 Å². The molecule has 0 saturated carbocycles. The Labute approximate surface area is 242 Å². The number of alkyl halides is 2. The van der Waals surface area contributed by atoms with Crippen LogP contribution in [0.2, 0.25) is 0 Å². The molecule has 0 unspecified atom stereocenters. The lowest BCUT2D eigenvalue weighted by Crippen LogP contribution is -2.63. The van der Waals surface area contributed by atoms with Crippen molar-refractivity contribution in [3.8, 4) is 0 Å². The summed E-state index contributed by atoms with van der Waals surface area (Å²) in [7, 11) is 0. The number of hydrogen-bond donors (Lipinski definition) is 1. The summed E-state index contributed by atoms with van der Waals surface area (Å²) in [5.74, 6) is -4.41. The molecule has 10 nitrogen and oxygen atoms in total. The van der Waals surface area contributed by atoms with Crippen LogP contribution in [0.1, 0.15) is 67.8 Å². The number of halogens is 3. The maximum Gasteiger partial charge on any atom is 0.407 e. The number of amides is 3. The van der Waals surface area contributed by atoms with Crippen molar-refractivity contribution in [2.45, 2.75) is 70.5 Å². The highest BCUT2D eigenvalue weighted by Crippen LogP contribution is 2.42. The van der Waals surface area contributed by atoms with Gasteiger partial charge in [-0.25, -0.2) is 9.18 Å². The minimum Gasteiger partial charge on any atom is -0.465 e. The summed E-state index contributed by atoms with van der Waals surface area (Å²) in [4.78, 5) is 45.0. The summed E-state index contributed by atoms with van der Waals surface area (Å²) in [6, 6.07) is 4.34. The maximum atomic E-state index is 14.7. The minimum atomic E-state index is -3.19. The van der Waals surface area contributed by atoms with E-state index in [4.69, 9.17) is 0 Å². The van der Waals surface area contributed by atoms with Crippen LogP contribution in [0.25, 0.3) is 0 Å². The molecule has 2 atom stereocenters. The van der Waals surface area contributed by atoms with Gasteiger partial charge in [-0.05, 0) is 30.7 Å². The van der Waals surface area contributed by atoms with Crippen molar-refractivity contribution in [1.82, 2.24) is 24.9 Å². The molecule has 1 saturated heterocycles. The molecule has 0 bridgehead atoms. The number of nitrogens with zero attached hydrogens (tertiary/aromatic N) is 6. The van der Waals surface area contributed by atoms with Crippen LogP contribution in [0, 0.1) is 5.82 Å². The van der Waals surface area contributed by atoms with Crippen molar-refractivity contribution in [3.05, 3.63) is 52.6 Å². The number of carbonyl (C=O) groups is 3. The van der Waals surface area contributed by atoms with E-state index in [0.29, 0.717) is 16.9 Å². The first-order chi connectivity index (χ1) is 19.7. The molecular weight excluding hydrogens is 553 g/mol. The number of rotatable bonds is 7. The van der Waals surface area contributed by atoms with Gasteiger partial charge in [0.15, 0.2) is 0 Å². The first-order valence-electron chi connectivity index (χ1n) is 14.1. The molecule has 13 heteroatoms. The SMILES string of the molecule is CCCC(F)(F)c1cc2c(nn1)C(C)(C)CN2C(=O)CN1C[C@@H](C)N(C(=O)O)C[C@@H]1CN1Cc2ccc(F)cc2C1=O. The Morgan fingerprint density at radius 3 is 2.60 bits per heavy atom. The third-order valence-corrected chi connectivity index (χ3v) is 8.42. The van der Waals surface area contributed by atoms with E-state index in [9.17, 15) is 32.7 Å². The smallest absolute Gasteiger partial charge is 0.407 e. The van der Waals surface area contributed by atoms with Crippen LogP contribution in [0.15, 0.2) is 24.3 Å². The number of carboxylic acid groups (broad SMARTS) is 1. The predicted molar refractivity (Wildman–Crippen MR) is 147 cm³/mol. The summed E-state index contributed by atoms with van der Waals surface area (Å²) in [5, 5.41) is 17.7. The van der Waals surface area contributed by atoms with Crippen LogP contribution in [0.5, 0.6) is 0 Å². The number of anilines is 1. The Morgan fingerprint density at radius 1 is 1.17 bits per heavy atom. The lowest BCUT2D eigenvalue weighted by atomic mass is 9.91. The second kappa shape index (κ2) is 10.8. The van der Waals surface area contributed by atoms with E-state index in [1.807, 2.05) is 18.7 Å². The van der Waals surface area contributed by atoms with E-state index in [2.05, 4.69) is 10.2 Å². The van der Waals surface area contributed by atoms with E-state index in [1.54, 1.807) is 19.9 Å². The van der Waals surface area contributed by atoms with Gasteiger partial charge in [0, 0.05) is 62.2 Å². The molecule has 4 heterocycles. The molecule has 2 aromatic rings. The average molecular weight is 589 g/mol. The predicted octanol–water partition coefficient (Wildman–Crippen LogP) is 3.84. The third-order valence-electron chi connectivity index (χ3n) is 8.42. The van der Waals surface area contributed by atoms with E-state index >= 15 is 0 Å². The highest BCUT2D eigenvalue weighted by Gasteiger charge is 2.44. The second-order valence-corrected chi connectivity index (χ2v) is 12.1. The molecule has 3 aliphatic heterocycles. The summed E-state index contributed by atoms with van der Waals surface area (Å²) in [6.45, 7) is 7.89. The molecule has 3 aliphatic rings. The minimum absolute atomic E-state index is 0.0548. The molecule has 1 aromatic heterocycles. The van der Waals surface area contributed by atoms with Crippen molar-refractivity contribution in [1.29, 1.82) is 0 Å². The van der Waals surface area contributed by atoms with Gasteiger partial charge in [-0.1, -0.05) is 33.3 Å². The van der Waals surface area contributed by atoms with Gasteiger partial charge < -0.3 is 19.8 Å². The number of hydrogen-bond acceptors (Lipinski definition) is 6. The fraction of sp³-hybridized carbons (Fsp3) is 0.552. The molecule has 0 aliphatic carbocycles. The standard InChI is InChI=1S/C29H35F3N6O4/c1-5-8-29(31,32)23-10-22-25(34-33-23)28(3,4)16-38(22)24(39)15-35-11-17(2)37(27(41)42)14-20(35)13-36-12-18-6-7-19(30)9-21(18)26(36)40/h6-7,9-10,17,20H,5,8,11-16H2,1-4H3,(H,41,42)/t17-,20+/m1/s1. The molecule has 42 heavy (non-hydrogen) atoms. The second-order valence-electron chi connectivity index (χ2n) is 12.1. The largest absolute Gasteiger partial charge is 0.465 e. The lowest BCUT2D eigenvalue weighted by molar-refractivity contribution is -0.121. The summed E-state index contributed by atoms with van der Waals surface area (Å²) >= 11 is 0. The Bertz CT molecular complexity index is 1420. The molecule has 1 aromatic carbocycles. The van der Waals surface area contributed by atoms with Gasteiger partial charge in [-0.2, -0.15) is 13.9 Å². The highest BCUT2D eigenvalue weighted by molar-refractivity contribution is 5.98. The van der Waals surface area contributed by atoms with Gasteiger partial charge in [0.25, 0.3) is 11.8 Å². The zero-order valence-corrected chi connectivity index (χ0v) is 24.1. The van der Waals surface area contributed by atoms with Crippen molar-refractivity contribution >= 4 is 23.6 Å². The molecule has 0 spiro atoms. The number of carbonyl (C=O) groups excluding carboxylic acids is 2. The number of aromatic nitrogens is 2. The molecule has 226 valence electrons. The third kappa shape index (κ3) is 5.41. The molecule has 1 fully saturated rings. The van der Waals surface area contributed by atoms with E-state index in [0.717, 1.165) is 0 Å². The van der Waals surface area contributed by atoms with Gasteiger partial charge in [-0.15, -0.1) is 5.10 Å². The van der Waals surface area contributed by atoms with Gasteiger partial charge in [0.1, 0.15) is 11.5 Å². The van der Waals surface area contributed by atoms with Crippen molar-refractivity contribution < 1.29 is 32.7 Å². The highest BCUT2D eigenvalue weighted by atomic mass is 19.3. The Hall–Kier alpha value is -3.74. The average Bonchev–Trinajstić information content (AvgIpc) is 3.37. The normalized spacial score (nSPS) is 22.0. The van der Waals surface area contributed by atoms with E-state index in [1.165, 1.54) is 32.9 Å². The van der Waals surface area contributed by atoms with Gasteiger partial charge in [-0.3, -0.25) is 14.5 Å². The number of fused-ring (bicyclic) bond motifs is 2. The van der Waals surface area contributed by atoms with Crippen LogP contribution in [0.3, 0.4) is 0 Å². The fourth-order valence-electron chi connectivity index (χ4n) is 6.21. The van der Waals surface area contributed by atoms with Crippen molar-refractivity contribution in [3.63, 3.8) is 0 Å².